The van der Waals surface area contributed by atoms with Gasteiger partial charge in [0.05, 0.1) is 5.54 Å². The molecular formula is C8H14N2O. The Balaban J connectivity index is 1.98. The van der Waals surface area contributed by atoms with Crippen LogP contribution in [0.2, 0.25) is 0 Å². The van der Waals surface area contributed by atoms with Crippen LogP contribution in [0.3, 0.4) is 0 Å². The summed E-state index contributed by atoms with van der Waals surface area (Å²) in [6.45, 7) is 3.22. The van der Waals surface area contributed by atoms with Crippen molar-refractivity contribution < 1.29 is 4.79 Å². The van der Waals surface area contributed by atoms with Gasteiger partial charge in [0.1, 0.15) is 0 Å². The topological polar surface area (TPSA) is 41.1 Å². The lowest BCUT2D eigenvalue weighted by atomic mass is 9.76. The minimum absolute atomic E-state index is 0.182. The van der Waals surface area contributed by atoms with Gasteiger partial charge in [-0.25, -0.2) is 0 Å². The van der Waals surface area contributed by atoms with Crippen LogP contribution in [-0.4, -0.2) is 24.0 Å². The third-order valence-electron chi connectivity index (χ3n) is 2.70. The Hall–Kier alpha value is -0.570. The molecule has 62 valence electrons. The van der Waals surface area contributed by atoms with E-state index in [2.05, 4.69) is 17.6 Å². The fraction of sp³-hybridized carbons (Fsp3) is 0.875. The van der Waals surface area contributed by atoms with E-state index in [1.807, 2.05) is 0 Å². The van der Waals surface area contributed by atoms with Crippen molar-refractivity contribution >= 4 is 5.91 Å². The average molecular weight is 154 g/mol. The summed E-state index contributed by atoms with van der Waals surface area (Å²) in [5.74, 6) is 0.221. The van der Waals surface area contributed by atoms with Crippen molar-refractivity contribution in [2.45, 2.75) is 37.8 Å². The molecule has 3 heteroatoms. The number of piperidine rings is 1. The first-order chi connectivity index (χ1) is 5.20. The Kier molecular flexibility index (Phi) is 1.42. The number of β-lactam (4-membered cyclic amide) rings is 1. The van der Waals surface area contributed by atoms with Gasteiger partial charge in [0, 0.05) is 12.5 Å². The normalized spacial score (nSPS) is 43.4. The second kappa shape index (κ2) is 2.21. The van der Waals surface area contributed by atoms with Crippen molar-refractivity contribution in [3.63, 3.8) is 0 Å². The number of nitrogens with one attached hydrogen (secondary N) is 2. The number of hydrogen-bond acceptors (Lipinski definition) is 2. The maximum atomic E-state index is 10.7. The van der Waals surface area contributed by atoms with Crippen molar-refractivity contribution in [2.24, 2.45) is 0 Å². The lowest BCUT2D eigenvalue weighted by molar-refractivity contribution is -0.134. The van der Waals surface area contributed by atoms with Crippen LogP contribution in [0.25, 0.3) is 0 Å². The molecule has 3 nitrogen and oxygen atoms in total. The maximum absolute atomic E-state index is 10.7. The van der Waals surface area contributed by atoms with Gasteiger partial charge in [0.2, 0.25) is 5.91 Å². The molecular weight excluding hydrogens is 140 g/mol. The van der Waals surface area contributed by atoms with Gasteiger partial charge in [-0.2, -0.15) is 0 Å². The van der Waals surface area contributed by atoms with Gasteiger partial charge in [0.25, 0.3) is 0 Å². The zero-order valence-electron chi connectivity index (χ0n) is 6.81. The first-order valence-electron chi connectivity index (χ1n) is 4.25. The molecule has 2 aliphatic rings. The van der Waals surface area contributed by atoms with Crippen LogP contribution in [0.15, 0.2) is 0 Å². The molecule has 2 fully saturated rings. The summed E-state index contributed by atoms with van der Waals surface area (Å²) >= 11 is 0. The molecule has 11 heavy (non-hydrogen) atoms. The molecule has 2 atom stereocenters. The molecule has 0 bridgehead atoms. The van der Waals surface area contributed by atoms with Crippen molar-refractivity contribution in [3.05, 3.63) is 0 Å². The van der Waals surface area contributed by atoms with Gasteiger partial charge >= 0.3 is 0 Å². The van der Waals surface area contributed by atoms with Gasteiger partial charge in [-0.3, -0.25) is 4.79 Å². The molecule has 0 radical (unpaired) electrons. The monoisotopic (exact) mass is 154 g/mol. The zero-order chi connectivity index (χ0) is 7.90. The fourth-order valence-electron chi connectivity index (χ4n) is 2.18. The Morgan fingerprint density at radius 1 is 1.64 bits per heavy atom. The smallest absolute Gasteiger partial charge is 0.222 e. The Bertz CT molecular complexity index is 183. The van der Waals surface area contributed by atoms with Crippen LogP contribution in [0, 0.1) is 0 Å². The van der Waals surface area contributed by atoms with E-state index in [-0.39, 0.29) is 11.4 Å². The Labute approximate surface area is 66.5 Å². The predicted molar refractivity (Wildman–Crippen MR) is 42.2 cm³/mol. The van der Waals surface area contributed by atoms with Gasteiger partial charge in [-0.05, 0) is 26.3 Å². The molecule has 2 heterocycles. The third-order valence-corrected chi connectivity index (χ3v) is 2.70. The molecule has 2 aliphatic heterocycles. The van der Waals surface area contributed by atoms with Gasteiger partial charge in [-0.15, -0.1) is 0 Å². The molecule has 1 spiro atoms. The zero-order valence-corrected chi connectivity index (χ0v) is 6.81. The van der Waals surface area contributed by atoms with E-state index in [9.17, 15) is 4.79 Å². The summed E-state index contributed by atoms with van der Waals surface area (Å²) in [7, 11) is 0. The molecule has 0 aliphatic carbocycles. The molecule has 2 rings (SSSR count). The van der Waals surface area contributed by atoms with Crippen molar-refractivity contribution in [1.29, 1.82) is 0 Å². The number of hydrogen-bond donors (Lipinski definition) is 2. The first-order valence-corrected chi connectivity index (χ1v) is 4.25. The number of carbonyl (C=O) groups is 1. The minimum Gasteiger partial charge on any atom is -0.350 e. The lowest BCUT2D eigenvalue weighted by Crippen LogP contribution is -2.66. The summed E-state index contributed by atoms with van der Waals surface area (Å²) in [4.78, 5) is 10.7. The van der Waals surface area contributed by atoms with Crippen LogP contribution >= 0.6 is 0 Å². The van der Waals surface area contributed by atoms with E-state index in [0.717, 1.165) is 25.8 Å². The van der Waals surface area contributed by atoms with Crippen LogP contribution < -0.4 is 10.6 Å². The molecule has 0 saturated carbocycles. The summed E-state index contributed by atoms with van der Waals surface area (Å²) in [5, 5.41) is 6.38. The number of rotatable bonds is 0. The number of amides is 1. The first kappa shape index (κ1) is 7.10. The third kappa shape index (κ3) is 1.13. The van der Waals surface area contributed by atoms with Crippen LogP contribution in [0.1, 0.15) is 26.2 Å². The molecule has 0 aromatic carbocycles. The fourth-order valence-corrected chi connectivity index (χ4v) is 2.18. The Morgan fingerprint density at radius 3 is 2.91 bits per heavy atom. The second-order valence-electron chi connectivity index (χ2n) is 3.81. The standard InChI is InChI=1S/C8H14N2O/c1-6-4-8(2-3-9-6)5-7(11)10-8/h6,9H,2-5H2,1H3,(H,10,11). The second-order valence-corrected chi connectivity index (χ2v) is 3.81. The van der Waals surface area contributed by atoms with Crippen molar-refractivity contribution in [1.82, 2.24) is 10.6 Å². The summed E-state index contributed by atoms with van der Waals surface area (Å²) in [6.07, 6.45) is 2.95. The van der Waals surface area contributed by atoms with E-state index in [4.69, 9.17) is 0 Å². The van der Waals surface area contributed by atoms with Gasteiger partial charge in [-0.1, -0.05) is 0 Å². The van der Waals surface area contributed by atoms with E-state index in [0.29, 0.717) is 6.04 Å². The van der Waals surface area contributed by atoms with E-state index in [1.54, 1.807) is 0 Å². The lowest BCUT2D eigenvalue weighted by Gasteiger charge is -2.47. The highest BCUT2D eigenvalue weighted by atomic mass is 16.2. The highest BCUT2D eigenvalue weighted by molar-refractivity contribution is 5.84. The van der Waals surface area contributed by atoms with E-state index in [1.165, 1.54) is 0 Å². The van der Waals surface area contributed by atoms with Crippen LogP contribution in [-0.2, 0) is 4.79 Å². The predicted octanol–water partition coefficient (Wildman–Crippen LogP) is 0.0170. The van der Waals surface area contributed by atoms with Crippen molar-refractivity contribution in [2.75, 3.05) is 6.54 Å². The maximum Gasteiger partial charge on any atom is 0.222 e. The van der Waals surface area contributed by atoms with Gasteiger partial charge in [0.15, 0.2) is 0 Å². The molecule has 0 aromatic rings. The molecule has 0 aromatic heterocycles. The SMILES string of the molecule is CC1CC2(CCN1)CC(=O)N2. The highest BCUT2D eigenvalue weighted by Gasteiger charge is 2.44. The van der Waals surface area contributed by atoms with Gasteiger partial charge < -0.3 is 10.6 Å². The molecule has 1 amide bonds. The highest BCUT2D eigenvalue weighted by Crippen LogP contribution is 2.31. The summed E-state index contributed by atoms with van der Waals surface area (Å²) in [5.41, 5.74) is 0.182. The summed E-state index contributed by atoms with van der Waals surface area (Å²) < 4.78 is 0. The number of carbonyl (C=O) groups excluding carboxylic acids is 1. The Morgan fingerprint density at radius 2 is 2.36 bits per heavy atom. The van der Waals surface area contributed by atoms with E-state index < -0.39 is 0 Å². The quantitative estimate of drug-likeness (QED) is 0.483. The van der Waals surface area contributed by atoms with E-state index >= 15 is 0 Å². The largest absolute Gasteiger partial charge is 0.350 e. The summed E-state index contributed by atoms with van der Waals surface area (Å²) in [6, 6.07) is 0.560. The van der Waals surface area contributed by atoms with Crippen LogP contribution in [0.4, 0.5) is 0 Å². The minimum atomic E-state index is 0.182. The van der Waals surface area contributed by atoms with Crippen LogP contribution in [0.5, 0.6) is 0 Å². The molecule has 2 saturated heterocycles. The van der Waals surface area contributed by atoms with Crippen molar-refractivity contribution in [3.8, 4) is 0 Å². The molecule has 2 unspecified atom stereocenters. The average Bonchev–Trinajstić information content (AvgIpc) is 1.84. The molecule has 2 N–H and O–H groups in total.